The van der Waals surface area contributed by atoms with Gasteiger partial charge in [-0.2, -0.15) is 0 Å². The second kappa shape index (κ2) is 8.84. The van der Waals surface area contributed by atoms with E-state index in [9.17, 15) is 0 Å². The van der Waals surface area contributed by atoms with E-state index in [0.29, 0.717) is 6.61 Å². The fourth-order valence-corrected chi connectivity index (χ4v) is 2.17. The van der Waals surface area contributed by atoms with Gasteiger partial charge in [0.15, 0.2) is 0 Å². The summed E-state index contributed by atoms with van der Waals surface area (Å²) in [6.45, 7) is 4.71. The summed E-state index contributed by atoms with van der Waals surface area (Å²) < 4.78 is 11.2. The van der Waals surface area contributed by atoms with Crippen LogP contribution in [0.1, 0.15) is 25.0 Å². The first-order valence-corrected chi connectivity index (χ1v) is 7.83. The Balaban J connectivity index is 2.01. The molecule has 0 aliphatic carbocycles. The summed E-state index contributed by atoms with van der Waals surface area (Å²) in [5.74, 6) is 1.69. The molecular weight excluding hydrogens is 284 g/mol. The second-order valence-electron chi connectivity index (χ2n) is 5.58. The zero-order valence-corrected chi connectivity index (χ0v) is 14.1. The van der Waals surface area contributed by atoms with Gasteiger partial charge in [0, 0.05) is 6.07 Å². The lowest BCUT2D eigenvalue weighted by atomic mass is 10.1. The minimum absolute atomic E-state index is 0.582. The van der Waals surface area contributed by atoms with Gasteiger partial charge in [-0.25, -0.2) is 0 Å². The van der Waals surface area contributed by atoms with Gasteiger partial charge in [-0.1, -0.05) is 54.1 Å². The molecule has 0 spiro atoms. The minimum Gasteiger partial charge on any atom is -0.496 e. The zero-order valence-electron chi connectivity index (χ0n) is 14.1. The van der Waals surface area contributed by atoms with Crippen molar-refractivity contribution < 1.29 is 9.47 Å². The first kappa shape index (κ1) is 16.9. The van der Waals surface area contributed by atoms with E-state index >= 15 is 0 Å². The van der Waals surface area contributed by atoms with E-state index in [1.165, 1.54) is 11.1 Å². The van der Waals surface area contributed by atoms with Crippen molar-refractivity contribution in [3.8, 4) is 11.5 Å². The van der Waals surface area contributed by atoms with Crippen LogP contribution in [-0.4, -0.2) is 13.7 Å². The van der Waals surface area contributed by atoms with Gasteiger partial charge in [-0.05, 0) is 43.5 Å². The highest BCUT2D eigenvalue weighted by molar-refractivity contribution is 5.50. The molecule has 2 nitrogen and oxygen atoms in total. The first-order valence-electron chi connectivity index (χ1n) is 7.83. The van der Waals surface area contributed by atoms with Crippen molar-refractivity contribution in [3.05, 3.63) is 77.4 Å². The molecule has 0 saturated heterocycles. The van der Waals surface area contributed by atoms with Crippen molar-refractivity contribution in [1.82, 2.24) is 0 Å². The molecule has 0 heterocycles. The molecule has 2 aromatic rings. The van der Waals surface area contributed by atoms with E-state index < -0.39 is 0 Å². The van der Waals surface area contributed by atoms with Crippen LogP contribution in [0.15, 0.2) is 66.3 Å². The maximum absolute atomic E-state index is 5.71. The Kier molecular flexibility index (Phi) is 6.49. The Labute approximate surface area is 139 Å². The predicted octanol–water partition coefficient (Wildman–Crippen LogP) is 5.30. The number of hydrogen-bond acceptors (Lipinski definition) is 2. The van der Waals surface area contributed by atoms with Crippen LogP contribution in [0, 0.1) is 0 Å². The summed E-state index contributed by atoms with van der Waals surface area (Å²) in [7, 11) is 1.69. The summed E-state index contributed by atoms with van der Waals surface area (Å²) in [4.78, 5) is 0. The molecule has 23 heavy (non-hydrogen) atoms. The van der Waals surface area contributed by atoms with Gasteiger partial charge < -0.3 is 9.47 Å². The Bertz CT molecular complexity index is 665. The van der Waals surface area contributed by atoms with Crippen LogP contribution in [-0.2, 0) is 6.42 Å². The lowest BCUT2D eigenvalue weighted by Crippen LogP contribution is -1.96. The summed E-state index contributed by atoms with van der Waals surface area (Å²) in [6, 6.07) is 16.3. The predicted molar refractivity (Wildman–Crippen MR) is 97.1 cm³/mol. The van der Waals surface area contributed by atoms with Crippen LogP contribution in [0.2, 0.25) is 0 Å². The molecule has 0 fully saturated rings. The molecule has 0 amide bonds. The molecule has 0 unspecified atom stereocenters. The van der Waals surface area contributed by atoms with Crippen molar-refractivity contribution in [3.63, 3.8) is 0 Å². The first-order chi connectivity index (χ1) is 11.2. The van der Waals surface area contributed by atoms with E-state index in [-0.39, 0.29) is 0 Å². The molecule has 0 N–H and O–H groups in total. The van der Waals surface area contributed by atoms with Crippen LogP contribution >= 0.6 is 0 Å². The van der Waals surface area contributed by atoms with Gasteiger partial charge in [0.25, 0.3) is 0 Å². The number of rotatable bonds is 7. The van der Waals surface area contributed by atoms with Gasteiger partial charge in [0.05, 0.1) is 7.11 Å². The Hall–Kier alpha value is -2.48. The normalized spacial score (nSPS) is 10.6. The van der Waals surface area contributed by atoms with Crippen molar-refractivity contribution in [2.75, 3.05) is 13.7 Å². The molecule has 0 aromatic heterocycles. The standard InChI is InChI=1S/C21H24O2/c1-17(2)14-15-23-20-13-12-19(21(16-20)22-3)11-7-10-18-8-5-4-6-9-18/h4-10,12-14,16H,11,15H2,1-3H3/b10-7+. The van der Waals surface area contributed by atoms with Crippen molar-refractivity contribution in [1.29, 1.82) is 0 Å². The highest BCUT2D eigenvalue weighted by Gasteiger charge is 2.04. The minimum atomic E-state index is 0.582. The second-order valence-corrected chi connectivity index (χ2v) is 5.58. The molecule has 2 aromatic carbocycles. The molecule has 0 aliphatic rings. The molecule has 2 rings (SSSR count). The van der Waals surface area contributed by atoms with E-state index in [1.807, 2.05) is 30.3 Å². The van der Waals surface area contributed by atoms with Gasteiger partial charge in [-0.3, -0.25) is 0 Å². The zero-order chi connectivity index (χ0) is 16.5. The molecule has 0 aliphatic heterocycles. The summed E-state index contributed by atoms with van der Waals surface area (Å²) in [6.07, 6.45) is 7.16. The van der Waals surface area contributed by atoms with Crippen molar-refractivity contribution >= 4 is 6.08 Å². The number of allylic oxidation sites excluding steroid dienone is 2. The summed E-state index contributed by atoms with van der Waals surface area (Å²) in [5.41, 5.74) is 3.60. The van der Waals surface area contributed by atoms with E-state index in [2.05, 4.69) is 50.3 Å². The third kappa shape index (κ3) is 5.67. The molecule has 2 heteroatoms. The van der Waals surface area contributed by atoms with Crippen molar-refractivity contribution in [2.24, 2.45) is 0 Å². The van der Waals surface area contributed by atoms with Gasteiger partial charge in [-0.15, -0.1) is 0 Å². The van der Waals surface area contributed by atoms with Crippen LogP contribution < -0.4 is 9.47 Å². The summed E-state index contributed by atoms with van der Waals surface area (Å²) >= 11 is 0. The maximum atomic E-state index is 5.71. The Morgan fingerprint density at radius 2 is 1.83 bits per heavy atom. The van der Waals surface area contributed by atoms with E-state index in [0.717, 1.165) is 23.5 Å². The smallest absolute Gasteiger partial charge is 0.126 e. The lowest BCUT2D eigenvalue weighted by Gasteiger charge is -2.10. The van der Waals surface area contributed by atoms with Crippen LogP contribution in [0.5, 0.6) is 11.5 Å². The van der Waals surface area contributed by atoms with Gasteiger partial charge in [0.2, 0.25) is 0 Å². The molecular formula is C21H24O2. The average molecular weight is 308 g/mol. The maximum Gasteiger partial charge on any atom is 0.126 e. The molecule has 0 radical (unpaired) electrons. The van der Waals surface area contributed by atoms with E-state index in [1.54, 1.807) is 7.11 Å². The SMILES string of the molecule is COc1cc(OCC=C(C)C)ccc1C/C=C/c1ccccc1. The third-order valence-corrected chi connectivity index (χ3v) is 3.45. The highest BCUT2D eigenvalue weighted by Crippen LogP contribution is 2.25. The quantitative estimate of drug-likeness (QED) is 0.646. The van der Waals surface area contributed by atoms with E-state index in [4.69, 9.17) is 9.47 Å². The monoisotopic (exact) mass is 308 g/mol. The molecule has 0 bridgehead atoms. The molecule has 0 saturated carbocycles. The number of methoxy groups -OCH3 is 1. The molecule has 120 valence electrons. The van der Waals surface area contributed by atoms with Gasteiger partial charge in [0.1, 0.15) is 18.1 Å². The number of hydrogen-bond donors (Lipinski definition) is 0. The third-order valence-electron chi connectivity index (χ3n) is 3.45. The van der Waals surface area contributed by atoms with Crippen molar-refractivity contribution in [2.45, 2.75) is 20.3 Å². The highest BCUT2D eigenvalue weighted by atomic mass is 16.5. The topological polar surface area (TPSA) is 18.5 Å². The lowest BCUT2D eigenvalue weighted by molar-refractivity contribution is 0.355. The fraction of sp³-hybridized carbons (Fsp3) is 0.238. The Morgan fingerprint density at radius 1 is 1.04 bits per heavy atom. The molecule has 0 atom stereocenters. The largest absolute Gasteiger partial charge is 0.496 e. The van der Waals surface area contributed by atoms with Crippen LogP contribution in [0.3, 0.4) is 0 Å². The van der Waals surface area contributed by atoms with Gasteiger partial charge >= 0.3 is 0 Å². The van der Waals surface area contributed by atoms with Crippen LogP contribution in [0.4, 0.5) is 0 Å². The Morgan fingerprint density at radius 3 is 2.52 bits per heavy atom. The fourth-order valence-electron chi connectivity index (χ4n) is 2.17. The number of ether oxygens (including phenoxy) is 2. The summed E-state index contributed by atoms with van der Waals surface area (Å²) in [5, 5.41) is 0. The van der Waals surface area contributed by atoms with Crippen LogP contribution in [0.25, 0.3) is 6.08 Å². The average Bonchev–Trinajstić information content (AvgIpc) is 2.56. The number of benzene rings is 2.